The van der Waals surface area contributed by atoms with Gasteiger partial charge in [0.2, 0.25) is 5.91 Å². The fourth-order valence-corrected chi connectivity index (χ4v) is 4.61. The van der Waals surface area contributed by atoms with Gasteiger partial charge in [0, 0.05) is 30.1 Å². The van der Waals surface area contributed by atoms with Crippen molar-refractivity contribution in [3.05, 3.63) is 87.6 Å². The Morgan fingerprint density at radius 1 is 1.16 bits per heavy atom. The van der Waals surface area contributed by atoms with Crippen molar-refractivity contribution in [1.29, 1.82) is 0 Å². The zero-order valence-corrected chi connectivity index (χ0v) is 23.3. The summed E-state index contributed by atoms with van der Waals surface area (Å²) in [5.74, 6) is -0.350. The molecule has 0 aliphatic carbocycles. The predicted octanol–water partition coefficient (Wildman–Crippen LogP) is 4.65. The van der Waals surface area contributed by atoms with E-state index in [1.807, 2.05) is 67.0 Å². The van der Waals surface area contributed by atoms with Crippen LogP contribution in [0, 0.1) is 0 Å². The summed E-state index contributed by atoms with van der Waals surface area (Å²) >= 11 is 9.83. The van der Waals surface area contributed by atoms with Crippen LogP contribution in [0.5, 0.6) is 5.75 Å². The lowest BCUT2D eigenvalue weighted by molar-refractivity contribution is -0.123. The van der Waals surface area contributed by atoms with Crippen LogP contribution < -0.4 is 15.4 Å². The molecule has 2 amide bonds. The molecule has 0 bridgehead atoms. The summed E-state index contributed by atoms with van der Waals surface area (Å²) in [5, 5.41) is 15.0. The van der Waals surface area contributed by atoms with Crippen LogP contribution >= 0.6 is 27.5 Å². The average molecular weight is 600 g/mol. The van der Waals surface area contributed by atoms with Crippen LogP contribution in [0.2, 0.25) is 5.02 Å². The number of halogens is 2. The molecule has 0 spiro atoms. The molecule has 1 atom stereocenters. The third-order valence-corrected chi connectivity index (χ3v) is 6.66. The maximum absolute atomic E-state index is 13.0. The molecule has 38 heavy (non-hydrogen) atoms. The Morgan fingerprint density at radius 3 is 2.58 bits per heavy atom. The van der Waals surface area contributed by atoms with Crippen molar-refractivity contribution in [2.24, 2.45) is 0 Å². The maximum atomic E-state index is 13.0. The summed E-state index contributed by atoms with van der Waals surface area (Å²) in [5.41, 5.74) is 3.96. The van der Waals surface area contributed by atoms with Crippen molar-refractivity contribution < 1.29 is 19.4 Å². The predicted molar refractivity (Wildman–Crippen MR) is 151 cm³/mol. The van der Waals surface area contributed by atoms with Crippen molar-refractivity contribution in [2.45, 2.75) is 32.4 Å². The van der Waals surface area contributed by atoms with E-state index in [4.69, 9.17) is 26.4 Å². The third-order valence-electron chi connectivity index (χ3n) is 5.75. The molecule has 0 radical (unpaired) electrons. The highest BCUT2D eigenvalue weighted by molar-refractivity contribution is 9.10. The number of aliphatic hydroxyl groups excluding tert-OH is 1. The topological polar surface area (TPSA) is 105 Å². The van der Waals surface area contributed by atoms with Gasteiger partial charge in [-0.1, -0.05) is 35.9 Å². The van der Waals surface area contributed by atoms with Gasteiger partial charge in [-0.15, -0.1) is 0 Å². The molecular formula is C28H28BrClN4O4. The van der Waals surface area contributed by atoms with E-state index in [9.17, 15) is 9.59 Å². The van der Waals surface area contributed by atoms with E-state index >= 15 is 0 Å². The van der Waals surface area contributed by atoms with Crippen LogP contribution in [0.1, 0.15) is 29.8 Å². The number of aliphatic hydroxyl groups is 1. The lowest BCUT2D eigenvalue weighted by Crippen LogP contribution is -2.45. The molecule has 0 fully saturated rings. The minimum absolute atomic E-state index is 0.0485. The van der Waals surface area contributed by atoms with Gasteiger partial charge in [0.15, 0.2) is 5.65 Å². The van der Waals surface area contributed by atoms with Gasteiger partial charge in [-0.3, -0.25) is 9.59 Å². The molecule has 0 saturated heterocycles. The summed E-state index contributed by atoms with van der Waals surface area (Å²) in [6.07, 6.45) is 4.31. The molecule has 0 unspecified atom stereocenters. The van der Waals surface area contributed by atoms with E-state index < -0.39 is 18.6 Å². The molecule has 4 rings (SSSR count). The van der Waals surface area contributed by atoms with Gasteiger partial charge in [0.05, 0.1) is 27.3 Å². The lowest BCUT2D eigenvalue weighted by atomic mass is 10.0. The molecule has 10 heteroatoms. The first-order chi connectivity index (χ1) is 18.2. The van der Waals surface area contributed by atoms with E-state index in [-0.39, 0.29) is 18.6 Å². The highest BCUT2D eigenvalue weighted by atomic mass is 79.9. The lowest BCUT2D eigenvalue weighted by Gasteiger charge is -2.20. The number of rotatable bonds is 10. The van der Waals surface area contributed by atoms with E-state index in [1.165, 1.54) is 0 Å². The molecule has 3 N–H and O–H groups in total. The van der Waals surface area contributed by atoms with Gasteiger partial charge >= 0.3 is 0 Å². The largest absolute Gasteiger partial charge is 0.489 e. The number of benzene rings is 2. The third kappa shape index (κ3) is 6.92. The smallest absolute Gasteiger partial charge is 0.251 e. The first-order valence-electron chi connectivity index (χ1n) is 12.1. The summed E-state index contributed by atoms with van der Waals surface area (Å²) in [6.45, 7) is 3.31. The Balaban J connectivity index is 1.48. The molecule has 2 heterocycles. The molecule has 0 aliphatic heterocycles. The highest BCUT2D eigenvalue weighted by Gasteiger charge is 2.18. The van der Waals surface area contributed by atoms with Crippen LogP contribution in [0.4, 0.5) is 0 Å². The molecule has 2 aromatic heterocycles. The minimum Gasteiger partial charge on any atom is -0.489 e. The van der Waals surface area contributed by atoms with Crippen molar-refractivity contribution in [3.8, 4) is 17.0 Å². The number of fused-ring (bicyclic) bond motifs is 1. The van der Waals surface area contributed by atoms with Gasteiger partial charge in [-0.05, 0) is 72.1 Å². The maximum Gasteiger partial charge on any atom is 0.251 e. The second-order valence-electron chi connectivity index (χ2n) is 9.06. The standard InChI is InChI=1S/C28H28BrClN4O4/c1-17(2)38-25-10-9-20(13-23(25)30)28(37)32-21(14-31-26(36)16-35)12-18-5-7-19(8-6-18)24-15-34-11-3-4-22(29)27(34)33-24/h3-11,13,15,17,21,35H,12,14,16H2,1-2H3,(H,31,36)(H,32,37)/t21-/m0/s1. The van der Waals surface area contributed by atoms with Crippen LogP contribution in [0.25, 0.3) is 16.9 Å². The second-order valence-corrected chi connectivity index (χ2v) is 10.3. The number of hydrogen-bond acceptors (Lipinski definition) is 5. The number of pyridine rings is 1. The van der Waals surface area contributed by atoms with E-state index in [2.05, 4.69) is 26.6 Å². The quantitative estimate of drug-likeness (QED) is 0.246. The number of carbonyl (C=O) groups excluding carboxylic acids is 2. The van der Waals surface area contributed by atoms with Crippen molar-refractivity contribution in [2.75, 3.05) is 13.2 Å². The number of hydrogen-bond donors (Lipinski definition) is 3. The highest BCUT2D eigenvalue weighted by Crippen LogP contribution is 2.27. The first-order valence-corrected chi connectivity index (χ1v) is 13.3. The molecular weight excluding hydrogens is 572 g/mol. The number of nitrogens with zero attached hydrogens (tertiary/aromatic N) is 2. The van der Waals surface area contributed by atoms with Gasteiger partial charge < -0.3 is 24.9 Å². The Morgan fingerprint density at radius 2 is 1.92 bits per heavy atom. The average Bonchev–Trinajstić information content (AvgIpc) is 3.34. The van der Waals surface area contributed by atoms with Crippen LogP contribution in [-0.4, -0.2) is 51.6 Å². The monoisotopic (exact) mass is 598 g/mol. The van der Waals surface area contributed by atoms with Gasteiger partial charge in [0.25, 0.3) is 5.91 Å². The first kappa shape index (κ1) is 27.6. The van der Waals surface area contributed by atoms with Crippen LogP contribution in [0.15, 0.2) is 71.5 Å². The minimum atomic E-state index is -0.628. The van der Waals surface area contributed by atoms with Gasteiger partial charge in [0.1, 0.15) is 12.4 Å². The Labute approximate surface area is 234 Å². The molecule has 198 valence electrons. The van der Waals surface area contributed by atoms with Gasteiger partial charge in [-0.25, -0.2) is 4.98 Å². The van der Waals surface area contributed by atoms with Gasteiger partial charge in [-0.2, -0.15) is 0 Å². The number of imidazole rings is 1. The fourth-order valence-electron chi connectivity index (χ4n) is 3.94. The van der Waals surface area contributed by atoms with Crippen LogP contribution in [-0.2, 0) is 11.2 Å². The number of aromatic nitrogens is 2. The molecule has 2 aromatic carbocycles. The molecule has 8 nitrogen and oxygen atoms in total. The van der Waals surface area contributed by atoms with Crippen LogP contribution in [0.3, 0.4) is 0 Å². The van der Waals surface area contributed by atoms with E-state index in [0.29, 0.717) is 22.8 Å². The summed E-state index contributed by atoms with van der Waals surface area (Å²) in [7, 11) is 0. The van der Waals surface area contributed by atoms with Crippen molar-refractivity contribution >= 4 is 45.0 Å². The SMILES string of the molecule is CC(C)Oc1ccc(C(=O)N[C@H](CNC(=O)CO)Cc2ccc(-c3cn4cccc(Br)c4n3)cc2)cc1Cl. The Kier molecular flexibility index (Phi) is 9.04. The number of carbonyl (C=O) groups is 2. The molecule has 4 aromatic rings. The zero-order chi connectivity index (χ0) is 27.2. The fraction of sp³-hybridized carbons (Fsp3) is 0.250. The zero-order valence-electron chi connectivity index (χ0n) is 20.9. The number of amides is 2. The number of nitrogens with one attached hydrogen (secondary N) is 2. The summed E-state index contributed by atoms with van der Waals surface area (Å²) in [4.78, 5) is 29.4. The Hall–Kier alpha value is -3.40. The summed E-state index contributed by atoms with van der Waals surface area (Å²) in [6, 6.07) is 16.2. The second kappa shape index (κ2) is 12.4. The summed E-state index contributed by atoms with van der Waals surface area (Å²) < 4.78 is 8.51. The van der Waals surface area contributed by atoms with E-state index in [0.717, 1.165) is 26.9 Å². The van der Waals surface area contributed by atoms with Crippen molar-refractivity contribution in [3.63, 3.8) is 0 Å². The van der Waals surface area contributed by atoms with E-state index in [1.54, 1.807) is 18.2 Å². The molecule has 0 saturated carbocycles. The molecule has 0 aliphatic rings. The normalized spacial score (nSPS) is 11.9. The Bertz CT molecular complexity index is 1440. The number of ether oxygens (including phenoxy) is 1. The van der Waals surface area contributed by atoms with Crippen molar-refractivity contribution in [1.82, 2.24) is 20.0 Å².